The first kappa shape index (κ1) is 55.7. The zero-order valence-electron chi connectivity index (χ0n) is 38.3. The zero-order valence-corrected chi connectivity index (χ0v) is 38.3. The summed E-state index contributed by atoms with van der Waals surface area (Å²) in [6, 6.07) is 3.89. The molecule has 370 valence electrons. The SMILES string of the molecule is CCCCCCCC(=O)OCCOCCOCCOCCOCCOCCOCCOCCOCCOCCOCCOCCNc1cccc2c1C(=O)N(C1CCC(=O)NC1=O)C2=O. The summed E-state index contributed by atoms with van der Waals surface area (Å²) >= 11 is 0. The van der Waals surface area contributed by atoms with Crippen LogP contribution in [-0.4, -0.2) is 199 Å². The van der Waals surface area contributed by atoms with E-state index in [9.17, 15) is 24.0 Å². The van der Waals surface area contributed by atoms with E-state index in [1.54, 1.807) is 18.2 Å². The number of carbonyl (C=O) groups excluding carboxylic acids is 5. The van der Waals surface area contributed by atoms with Crippen molar-refractivity contribution in [1.29, 1.82) is 0 Å². The second-order valence-electron chi connectivity index (χ2n) is 14.7. The van der Waals surface area contributed by atoms with Crippen molar-refractivity contribution in [2.45, 2.75) is 64.3 Å². The summed E-state index contributed by atoms with van der Waals surface area (Å²) in [4.78, 5) is 62.6. The van der Waals surface area contributed by atoms with Gasteiger partial charge in [0.05, 0.1) is 156 Å². The molecule has 2 aliphatic heterocycles. The standard InChI is InChI=1S/C45H73N3O17/c1-2-3-4-5-6-10-41(50)65-36-35-64-34-33-63-32-31-62-30-29-61-28-27-60-26-25-59-24-23-58-22-21-57-20-19-56-18-17-55-16-15-54-14-13-46-38-9-7-8-37-42(38)45(53)48(44(37)52)39-11-12-40(49)47-43(39)51/h7-9,39,46H,2-6,10-36H2,1H3,(H,47,49,51). The van der Waals surface area contributed by atoms with Crippen molar-refractivity contribution in [2.75, 3.05) is 164 Å². The first-order valence-corrected chi connectivity index (χ1v) is 23.0. The lowest BCUT2D eigenvalue weighted by molar-refractivity contribution is -0.145. The molecule has 65 heavy (non-hydrogen) atoms. The second-order valence-corrected chi connectivity index (χ2v) is 14.7. The van der Waals surface area contributed by atoms with Gasteiger partial charge in [-0.3, -0.25) is 34.2 Å². The lowest BCUT2D eigenvalue weighted by Gasteiger charge is -2.27. The van der Waals surface area contributed by atoms with Gasteiger partial charge in [0.1, 0.15) is 12.6 Å². The fourth-order valence-corrected chi connectivity index (χ4v) is 6.38. The number of benzene rings is 1. The van der Waals surface area contributed by atoms with Crippen LogP contribution in [0.4, 0.5) is 5.69 Å². The maximum absolute atomic E-state index is 13.2. The van der Waals surface area contributed by atoms with Crippen molar-refractivity contribution in [2.24, 2.45) is 0 Å². The lowest BCUT2D eigenvalue weighted by Crippen LogP contribution is -2.54. The third kappa shape index (κ3) is 25.2. The van der Waals surface area contributed by atoms with Crippen LogP contribution in [0.1, 0.15) is 79.0 Å². The topological polar surface area (TPSA) is 223 Å². The van der Waals surface area contributed by atoms with Gasteiger partial charge >= 0.3 is 5.97 Å². The van der Waals surface area contributed by atoms with E-state index >= 15 is 0 Å². The van der Waals surface area contributed by atoms with Crippen molar-refractivity contribution in [1.82, 2.24) is 10.2 Å². The summed E-state index contributed by atoms with van der Waals surface area (Å²) in [5.41, 5.74) is 0.897. The molecule has 20 heteroatoms. The van der Waals surface area contributed by atoms with Crippen molar-refractivity contribution >= 4 is 35.3 Å². The van der Waals surface area contributed by atoms with Gasteiger partial charge in [-0.15, -0.1) is 0 Å². The molecule has 1 saturated heterocycles. The first-order chi connectivity index (χ1) is 31.9. The molecule has 0 radical (unpaired) electrons. The molecule has 2 heterocycles. The highest BCUT2D eigenvalue weighted by atomic mass is 16.6. The number of piperidine rings is 1. The Balaban J connectivity index is 0.956. The molecule has 1 unspecified atom stereocenters. The molecule has 1 aromatic rings. The van der Waals surface area contributed by atoms with Crippen LogP contribution in [0.2, 0.25) is 0 Å². The molecule has 20 nitrogen and oxygen atoms in total. The van der Waals surface area contributed by atoms with Gasteiger partial charge in [0.15, 0.2) is 0 Å². The van der Waals surface area contributed by atoms with Gasteiger partial charge in [0, 0.05) is 25.1 Å². The molecular weight excluding hydrogens is 854 g/mol. The van der Waals surface area contributed by atoms with E-state index in [2.05, 4.69) is 17.6 Å². The fraction of sp³-hybridized carbons (Fsp3) is 0.756. The number of rotatable bonds is 44. The van der Waals surface area contributed by atoms with E-state index < -0.39 is 29.7 Å². The number of imide groups is 2. The number of carbonyl (C=O) groups is 5. The van der Waals surface area contributed by atoms with E-state index in [4.69, 9.17) is 56.8 Å². The Morgan fingerprint density at radius 2 is 1.00 bits per heavy atom. The summed E-state index contributed by atoms with van der Waals surface area (Å²) in [5, 5.41) is 5.33. The van der Waals surface area contributed by atoms with Gasteiger partial charge in [0.2, 0.25) is 11.8 Å². The summed E-state index contributed by atoms with van der Waals surface area (Å²) in [5.74, 6) is -2.34. The monoisotopic (exact) mass is 927 g/mol. The van der Waals surface area contributed by atoms with Crippen molar-refractivity contribution in [3.05, 3.63) is 29.3 Å². The van der Waals surface area contributed by atoms with Crippen LogP contribution in [0.5, 0.6) is 0 Å². The first-order valence-electron chi connectivity index (χ1n) is 23.0. The number of nitrogens with zero attached hydrogens (tertiary/aromatic N) is 1. The number of esters is 1. The average molecular weight is 928 g/mol. The van der Waals surface area contributed by atoms with Crippen LogP contribution < -0.4 is 10.6 Å². The number of hydrogen-bond acceptors (Lipinski definition) is 18. The number of ether oxygens (including phenoxy) is 12. The smallest absolute Gasteiger partial charge is 0.305 e. The quantitative estimate of drug-likeness (QED) is 0.0545. The van der Waals surface area contributed by atoms with Gasteiger partial charge < -0.3 is 62.2 Å². The third-order valence-electron chi connectivity index (χ3n) is 9.73. The van der Waals surface area contributed by atoms with E-state index in [-0.39, 0.29) is 36.5 Å². The van der Waals surface area contributed by atoms with Gasteiger partial charge in [-0.1, -0.05) is 38.7 Å². The molecule has 0 aromatic heterocycles. The Morgan fingerprint density at radius 3 is 1.45 bits per heavy atom. The second kappa shape index (κ2) is 37.4. The van der Waals surface area contributed by atoms with Crippen LogP contribution in [-0.2, 0) is 71.2 Å². The summed E-state index contributed by atoms with van der Waals surface area (Å²) in [6.45, 7) is 12.5. The molecule has 1 aromatic carbocycles. The highest BCUT2D eigenvalue weighted by Crippen LogP contribution is 2.32. The number of anilines is 1. The maximum atomic E-state index is 13.2. The minimum Gasteiger partial charge on any atom is -0.463 e. The van der Waals surface area contributed by atoms with E-state index in [0.29, 0.717) is 164 Å². The molecule has 2 N–H and O–H groups in total. The van der Waals surface area contributed by atoms with Crippen LogP contribution in [0.25, 0.3) is 0 Å². The summed E-state index contributed by atoms with van der Waals surface area (Å²) < 4.78 is 65.7. The van der Waals surface area contributed by atoms with Gasteiger partial charge in [-0.2, -0.15) is 0 Å². The minimum absolute atomic E-state index is 0.0621. The van der Waals surface area contributed by atoms with E-state index in [0.717, 1.165) is 17.7 Å². The molecule has 4 amide bonds. The number of unbranched alkanes of at least 4 members (excludes halogenated alkanes) is 4. The summed E-state index contributed by atoms with van der Waals surface area (Å²) in [7, 11) is 0. The van der Waals surface area contributed by atoms with Crippen molar-refractivity contribution in [3.8, 4) is 0 Å². The summed E-state index contributed by atoms with van der Waals surface area (Å²) in [6.07, 6.45) is 6.17. The van der Waals surface area contributed by atoms with Crippen LogP contribution >= 0.6 is 0 Å². The van der Waals surface area contributed by atoms with Crippen LogP contribution in [0, 0.1) is 0 Å². The van der Waals surface area contributed by atoms with Gasteiger partial charge in [-0.25, -0.2) is 0 Å². The molecule has 2 aliphatic rings. The Labute approximate surface area is 383 Å². The van der Waals surface area contributed by atoms with Crippen LogP contribution in [0.3, 0.4) is 0 Å². The Hall–Kier alpha value is -3.67. The Bertz CT molecular complexity index is 1470. The molecule has 1 fully saturated rings. The maximum Gasteiger partial charge on any atom is 0.305 e. The highest BCUT2D eigenvalue weighted by Gasteiger charge is 2.45. The molecule has 3 rings (SSSR count). The average Bonchev–Trinajstić information content (AvgIpc) is 3.55. The molecule has 0 spiro atoms. The lowest BCUT2D eigenvalue weighted by atomic mass is 10.0. The predicted octanol–water partition coefficient (Wildman–Crippen LogP) is 2.59. The molecule has 0 saturated carbocycles. The Kier molecular flexibility index (Phi) is 32.0. The minimum atomic E-state index is -1.02. The normalized spacial score (nSPS) is 14.9. The van der Waals surface area contributed by atoms with E-state index in [1.807, 2.05) is 0 Å². The fourth-order valence-electron chi connectivity index (χ4n) is 6.38. The highest BCUT2D eigenvalue weighted by molar-refractivity contribution is 6.25. The number of hydrogen-bond donors (Lipinski definition) is 2. The largest absolute Gasteiger partial charge is 0.463 e. The molecule has 0 aliphatic carbocycles. The Morgan fingerprint density at radius 1 is 0.569 bits per heavy atom. The van der Waals surface area contributed by atoms with Gasteiger partial charge in [-0.05, 0) is 25.0 Å². The number of fused-ring (bicyclic) bond motifs is 1. The van der Waals surface area contributed by atoms with Crippen LogP contribution in [0.15, 0.2) is 18.2 Å². The zero-order chi connectivity index (χ0) is 46.4. The molecule has 0 bridgehead atoms. The number of amides is 4. The van der Waals surface area contributed by atoms with Crippen molar-refractivity contribution < 1.29 is 80.8 Å². The molecular formula is C45H73N3O17. The van der Waals surface area contributed by atoms with E-state index in [1.165, 1.54) is 19.3 Å². The van der Waals surface area contributed by atoms with Crippen molar-refractivity contribution in [3.63, 3.8) is 0 Å². The number of nitrogens with one attached hydrogen (secondary N) is 2. The van der Waals surface area contributed by atoms with Gasteiger partial charge in [0.25, 0.3) is 11.8 Å². The third-order valence-corrected chi connectivity index (χ3v) is 9.73. The predicted molar refractivity (Wildman–Crippen MR) is 235 cm³/mol. The molecule has 1 atom stereocenters.